The van der Waals surface area contributed by atoms with Crippen LogP contribution in [0.2, 0.25) is 0 Å². The number of aromatic nitrogens is 2. The monoisotopic (exact) mass is 320 g/mol. The van der Waals surface area contributed by atoms with Gasteiger partial charge in [-0.3, -0.25) is 10.1 Å². The normalized spacial score (nSPS) is 16.8. The lowest BCUT2D eigenvalue weighted by atomic mass is 9.98. The average molecular weight is 320 g/mol. The Morgan fingerprint density at radius 2 is 2.14 bits per heavy atom. The Hall–Kier alpha value is -1.93. The zero-order chi connectivity index (χ0) is 15.7. The molecular formula is C14H16N4O3S. The summed E-state index contributed by atoms with van der Waals surface area (Å²) >= 11 is 1.49. The molecule has 1 aliphatic carbocycles. The lowest BCUT2D eigenvalue weighted by molar-refractivity contribution is -0.384. The third-order valence-electron chi connectivity index (χ3n) is 4.00. The molecule has 116 valence electrons. The molecule has 1 aromatic carbocycles. The van der Waals surface area contributed by atoms with Gasteiger partial charge in [0.1, 0.15) is 5.56 Å². The van der Waals surface area contributed by atoms with Gasteiger partial charge in [-0.15, -0.1) is 11.8 Å². The molecule has 0 radical (unpaired) electrons. The van der Waals surface area contributed by atoms with Crippen LogP contribution in [0.4, 0.5) is 5.69 Å². The molecule has 1 heterocycles. The van der Waals surface area contributed by atoms with E-state index >= 15 is 0 Å². The quantitative estimate of drug-likeness (QED) is 0.524. The van der Waals surface area contributed by atoms with Gasteiger partial charge in [0.05, 0.1) is 10.5 Å². The first-order valence-corrected chi connectivity index (χ1v) is 8.22. The maximum atomic E-state index is 11.2. The number of hydrogen-bond acceptors (Lipinski definition) is 7. The first-order valence-electron chi connectivity index (χ1n) is 6.99. The van der Waals surface area contributed by atoms with E-state index < -0.39 is 10.5 Å². The number of nitrogens with zero attached hydrogens (tertiary/aromatic N) is 3. The zero-order valence-electron chi connectivity index (χ0n) is 12.1. The number of thioether (sulfide) groups is 1. The van der Waals surface area contributed by atoms with Gasteiger partial charge >= 0.3 is 0 Å². The average Bonchev–Trinajstić information content (AvgIpc) is 3.16. The van der Waals surface area contributed by atoms with Crippen LogP contribution >= 0.6 is 11.8 Å². The first kappa shape index (κ1) is 15.0. The summed E-state index contributed by atoms with van der Waals surface area (Å²) in [5.41, 5.74) is 6.01. The number of rotatable bonds is 4. The van der Waals surface area contributed by atoms with Crippen molar-refractivity contribution in [2.24, 2.45) is 5.73 Å². The van der Waals surface area contributed by atoms with Crippen molar-refractivity contribution >= 4 is 17.4 Å². The predicted molar refractivity (Wildman–Crippen MR) is 82.5 cm³/mol. The molecule has 1 fully saturated rings. The minimum absolute atomic E-state index is 0.0505. The number of benzene rings is 1. The zero-order valence-corrected chi connectivity index (χ0v) is 12.9. The van der Waals surface area contributed by atoms with Crippen LogP contribution in [0, 0.1) is 10.1 Å². The molecule has 0 unspecified atom stereocenters. The van der Waals surface area contributed by atoms with E-state index in [1.165, 1.54) is 17.8 Å². The Kier molecular flexibility index (Phi) is 3.88. The Balaban J connectivity index is 2.04. The molecule has 0 saturated heterocycles. The fourth-order valence-corrected chi connectivity index (χ4v) is 3.18. The molecule has 0 atom stereocenters. The Bertz CT molecular complexity index is 710. The van der Waals surface area contributed by atoms with Gasteiger partial charge in [-0.1, -0.05) is 18.0 Å². The number of hydrogen-bond donors (Lipinski definition) is 1. The van der Waals surface area contributed by atoms with Gasteiger partial charge in [-0.05, 0) is 31.2 Å². The molecule has 0 bridgehead atoms. The molecule has 0 aliphatic heterocycles. The molecule has 0 amide bonds. The van der Waals surface area contributed by atoms with E-state index in [9.17, 15) is 10.1 Å². The third-order valence-corrected chi connectivity index (χ3v) is 4.72. The molecule has 8 heteroatoms. The van der Waals surface area contributed by atoms with Crippen molar-refractivity contribution < 1.29 is 9.45 Å². The molecular weight excluding hydrogens is 304 g/mol. The third kappa shape index (κ3) is 2.59. The molecule has 1 aliphatic rings. The Morgan fingerprint density at radius 3 is 2.77 bits per heavy atom. The van der Waals surface area contributed by atoms with E-state index in [4.69, 9.17) is 10.3 Å². The SMILES string of the molecule is CSc1ccc([N+](=O)[O-])c(-c2nc(C3(N)CCCC3)no2)c1. The van der Waals surface area contributed by atoms with Crippen molar-refractivity contribution in [3.05, 3.63) is 34.1 Å². The van der Waals surface area contributed by atoms with Gasteiger partial charge in [0, 0.05) is 11.0 Å². The van der Waals surface area contributed by atoms with E-state index in [0.717, 1.165) is 30.6 Å². The number of nitro benzene ring substituents is 1. The number of nitrogens with two attached hydrogens (primary N) is 1. The maximum absolute atomic E-state index is 11.2. The summed E-state index contributed by atoms with van der Waals surface area (Å²) in [5.74, 6) is 0.582. The second kappa shape index (κ2) is 5.69. The topological polar surface area (TPSA) is 108 Å². The van der Waals surface area contributed by atoms with Crippen molar-refractivity contribution in [3.63, 3.8) is 0 Å². The fraction of sp³-hybridized carbons (Fsp3) is 0.429. The highest BCUT2D eigenvalue weighted by Gasteiger charge is 2.36. The number of nitro groups is 1. The first-order chi connectivity index (χ1) is 10.5. The molecule has 0 spiro atoms. The smallest absolute Gasteiger partial charge is 0.282 e. The van der Waals surface area contributed by atoms with E-state index in [1.54, 1.807) is 12.1 Å². The van der Waals surface area contributed by atoms with E-state index in [0.29, 0.717) is 11.4 Å². The van der Waals surface area contributed by atoms with Gasteiger partial charge in [0.25, 0.3) is 11.6 Å². The van der Waals surface area contributed by atoms with Gasteiger partial charge in [0.15, 0.2) is 5.82 Å². The predicted octanol–water partition coefficient (Wildman–Crippen LogP) is 3.09. The van der Waals surface area contributed by atoms with Crippen LogP contribution < -0.4 is 5.73 Å². The van der Waals surface area contributed by atoms with Gasteiger partial charge in [-0.2, -0.15) is 4.98 Å². The summed E-state index contributed by atoms with van der Waals surface area (Å²) in [6.07, 6.45) is 5.57. The van der Waals surface area contributed by atoms with Crippen molar-refractivity contribution in [1.82, 2.24) is 10.1 Å². The van der Waals surface area contributed by atoms with Crippen molar-refractivity contribution in [2.45, 2.75) is 36.1 Å². The van der Waals surface area contributed by atoms with Gasteiger partial charge in [0.2, 0.25) is 0 Å². The van der Waals surface area contributed by atoms with Crippen LogP contribution in [-0.2, 0) is 5.54 Å². The Morgan fingerprint density at radius 1 is 1.41 bits per heavy atom. The molecule has 1 saturated carbocycles. The highest BCUT2D eigenvalue weighted by molar-refractivity contribution is 7.98. The molecule has 3 rings (SSSR count). The molecule has 1 aromatic heterocycles. The molecule has 22 heavy (non-hydrogen) atoms. The second-order valence-corrected chi connectivity index (χ2v) is 6.31. The van der Waals surface area contributed by atoms with Crippen molar-refractivity contribution in [3.8, 4) is 11.5 Å². The van der Waals surface area contributed by atoms with Crippen LogP contribution in [-0.4, -0.2) is 21.3 Å². The van der Waals surface area contributed by atoms with Crippen molar-refractivity contribution in [2.75, 3.05) is 6.26 Å². The minimum atomic E-state index is -0.576. The summed E-state index contributed by atoms with van der Waals surface area (Å²) in [6, 6.07) is 4.85. The standard InChI is InChI=1S/C14H16N4O3S/c1-22-9-4-5-11(18(19)20)10(8-9)12-16-13(17-21-12)14(15)6-2-3-7-14/h4-5,8H,2-3,6-7,15H2,1H3. The largest absolute Gasteiger partial charge is 0.334 e. The molecule has 2 aromatic rings. The van der Waals surface area contributed by atoms with Gasteiger partial charge in [-0.25, -0.2) is 0 Å². The van der Waals surface area contributed by atoms with E-state index in [-0.39, 0.29) is 11.6 Å². The van der Waals surface area contributed by atoms with E-state index in [1.807, 2.05) is 6.26 Å². The van der Waals surface area contributed by atoms with Crippen molar-refractivity contribution in [1.29, 1.82) is 0 Å². The maximum Gasteiger partial charge on any atom is 0.282 e. The molecule has 7 nitrogen and oxygen atoms in total. The summed E-state index contributed by atoms with van der Waals surface area (Å²) < 4.78 is 5.26. The fourth-order valence-electron chi connectivity index (χ4n) is 2.74. The van der Waals surface area contributed by atoms with Gasteiger partial charge < -0.3 is 10.3 Å². The summed E-state index contributed by atoms with van der Waals surface area (Å²) in [7, 11) is 0. The van der Waals surface area contributed by atoms with Crippen LogP contribution in [0.15, 0.2) is 27.6 Å². The minimum Gasteiger partial charge on any atom is -0.334 e. The summed E-state index contributed by atoms with van der Waals surface area (Å²) in [4.78, 5) is 16.0. The van der Waals surface area contributed by atoms with Crippen LogP contribution in [0.25, 0.3) is 11.5 Å². The second-order valence-electron chi connectivity index (χ2n) is 5.43. The lowest BCUT2D eigenvalue weighted by Crippen LogP contribution is -2.34. The summed E-state index contributed by atoms with van der Waals surface area (Å²) in [6.45, 7) is 0. The van der Waals surface area contributed by atoms with Crippen LogP contribution in [0.3, 0.4) is 0 Å². The van der Waals surface area contributed by atoms with E-state index in [2.05, 4.69) is 10.1 Å². The van der Waals surface area contributed by atoms with Crippen LogP contribution in [0.1, 0.15) is 31.5 Å². The highest BCUT2D eigenvalue weighted by Crippen LogP contribution is 2.37. The Labute approximate surface area is 131 Å². The molecule has 2 N–H and O–H groups in total. The highest BCUT2D eigenvalue weighted by atomic mass is 32.2. The van der Waals surface area contributed by atoms with Crippen LogP contribution in [0.5, 0.6) is 0 Å². The lowest BCUT2D eigenvalue weighted by Gasteiger charge is -2.17. The summed E-state index contributed by atoms with van der Waals surface area (Å²) in [5, 5.41) is 15.2.